The summed E-state index contributed by atoms with van der Waals surface area (Å²) in [6.07, 6.45) is 0. The van der Waals surface area contributed by atoms with Crippen LogP contribution in [0.25, 0.3) is 0 Å². The molecule has 0 heterocycles. The lowest BCUT2D eigenvalue weighted by molar-refractivity contribution is -0.134. The molecule has 0 unspecified atom stereocenters. The van der Waals surface area contributed by atoms with Crippen LogP contribution in [0.15, 0.2) is 18.2 Å². The van der Waals surface area contributed by atoms with Gasteiger partial charge < -0.3 is 14.4 Å². The van der Waals surface area contributed by atoms with E-state index in [4.69, 9.17) is 23.4 Å². The third-order valence-corrected chi connectivity index (χ3v) is 5.77. The molecular weight excluding hydrogens is 375 g/mol. The molecule has 0 saturated carbocycles. The highest BCUT2D eigenvalue weighted by molar-refractivity contribution is 7.91. The minimum Gasteiger partial charge on any atom is -0.493 e. The van der Waals surface area contributed by atoms with E-state index >= 15 is 0 Å². The maximum Gasteiger partial charge on any atom is 0.530 e. The Kier molecular flexibility index (Phi) is 7.88. The molecule has 0 amide bonds. The number of carboxylic acids is 1. The standard InChI is InChI=1S/C14H21O9PS/c1-4-21-24(17,22-5-2)23-13-8-11(6-7-12(13)20-3)9-25(18,19)10-14(15)16/h6-8H,4-5,9-10H2,1-3H3,(H,15,16). The van der Waals surface area contributed by atoms with Crippen molar-refractivity contribution in [2.45, 2.75) is 19.6 Å². The van der Waals surface area contributed by atoms with Crippen molar-refractivity contribution >= 4 is 23.6 Å². The van der Waals surface area contributed by atoms with Crippen molar-refractivity contribution in [3.05, 3.63) is 23.8 Å². The number of methoxy groups -OCH3 is 1. The van der Waals surface area contributed by atoms with Crippen molar-refractivity contribution < 1.29 is 41.2 Å². The number of aliphatic carboxylic acids is 1. The average Bonchev–Trinajstić information content (AvgIpc) is 2.45. The molecule has 11 heteroatoms. The Morgan fingerprint density at radius 1 is 1.16 bits per heavy atom. The quantitative estimate of drug-likeness (QED) is 0.560. The van der Waals surface area contributed by atoms with E-state index in [1.54, 1.807) is 13.8 Å². The largest absolute Gasteiger partial charge is 0.530 e. The van der Waals surface area contributed by atoms with Crippen LogP contribution in [0.2, 0.25) is 0 Å². The highest BCUT2D eigenvalue weighted by Gasteiger charge is 2.29. The lowest BCUT2D eigenvalue weighted by Gasteiger charge is -2.19. The van der Waals surface area contributed by atoms with E-state index in [1.807, 2.05) is 0 Å². The number of ether oxygens (including phenoxy) is 1. The molecule has 1 aromatic rings. The van der Waals surface area contributed by atoms with Gasteiger partial charge in [0.15, 0.2) is 21.3 Å². The van der Waals surface area contributed by atoms with Crippen LogP contribution in [0.3, 0.4) is 0 Å². The highest BCUT2D eigenvalue weighted by atomic mass is 32.2. The Morgan fingerprint density at radius 2 is 1.76 bits per heavy atom. The van der Waals surface area contributed by atoms with E-state index in [9.17, 15) is 17.8 Å². The number of hydrogen-bond acceptors (Lipinski definition) is 8. The number of carbonyl (C=O) groups is 1. The van der Waals surface area contributed by atoms with Gasteiger partial charge in [0.1, 0.15) is 5.75 Å². The van der Waals surface area contributed by atoms with Gasteiger partial charge in [0.2, 0.25) is 0 Å². The molecule has 9 nitrogen and oxygen atoms in total. The smallest absolute Gasteiger partial charge is 0.493 e. The SMILES string of the molecule is CCOP(=O)(OCC)Oc1cc(CS(=O)(=O)CC(=O)O)ccc1OC. The second-order valence-electron chi connectivity index (χ2n) is 4.79. The van der Waals surface area contributed by atoms with Gasteiger partial charge in [-0.25, -0.2) is 13.0 Å². The van der Waals surface area contributed by atoms with Gasteiger partial charge in [0.25, 0.3) is 0 Å². The summed E-state index contributed by atoms with van der Waals surface area (Å²) in [5.74, 6) is -2.80. The Hall–Kier alpha value is -1.61. The molecule has 0 aliphatic rings. The maximum atomic E-state index is 12.5. The monoisotopic (exact) mass is 396 g/mol. The molecule has 1 rings (SSSR count). The van der Waals surface area contributed by atoms with Crippen molar-refractivity contribution in [1.82, 2.24) is 0 Å². The fourth-order valence-electron chi connectivity index (χ4n) is 1.90. The third-order valence-electron chi connectivity index (χ3n) is 2.74. The second-order valence-corrected chi connectivity index (χ2v) is 8.44. The van der Waals surface area contributed by atoms with Crippen molar-refractivity contribution in [3.8, 4) is 11.5 Å². The van der Waals surface area contributed by atoms with E-state index in [0.717, 1.165) is 0 Å². The summed E-state index contributed by atoms with van der Waals surface area (Å²) < 4.78 is 56.6. The first-order valence-electron chi connectivity index (χ1n) is 7.32. The molecule has 0 radical (unpaired) electrons. The summed E-state index contributed by atoms with van der Waals surface area (Å²) in [5, 5.41) is 8.64. The zero-order valence-corrected chi connectivity index (χ0v) is 15.8. The van der Waals surface area contributed by atoms with E-state index in [1.165, 1.54) is 25.3 Å². The van der Waals surface area contributed by atoms with E-state index in [-0.39, 0.29) is 30.3 Å². The molecule has 25 heavy (non-hydrogen) atoms. The topological polar surface area (TPSA) is 125 Å². The number of phosphoric acid groups is 1. The molecule has 1 N–H and O–H groups in total. The third kappa shape index (κ3) is 7.03. The highest BCUT2D eigenvalue weighted by Crippen LogP contribution is 2.51. The summed E-state index contributed by atoms with van der Waals surface area (Å²) >= 11 is 0. The normalized spacial score (nSPS) is 12.0. The predicted octanol–water partition coefficient (Wildman–Crippen LogP) is 2.25. The summed E-state index contributed by atoms with van der Waals surface area (Å²) in [4.78, 5) is 10.6. The van der Waals surface area contributed by atoms with Gasteiger partial charge in [-0.05, 0) is 31.5 Å². The summed E-state index contributed by atoms with van der Waals surface area (Å²) in [6, 6.07) is 4.16. The van der Waals surface area contributed by atoms with Crippen LogP contribution in [0.4, 0.5) is 0 Å². The van der Waals surface area contributed by atoms with Crippen molar-refractivity contribution in [1.29, 1.82) is 0 Å². The van der Waals surface area contributed by atoms with Crippen LogP contribution < -0.4 is 9.26 Å². The Morgan fingerprint density at radius 3 is 2.24 bits per heavy atom. The molecule has 0 spiro atoms. The summed E-state index contributed by atoms with van der Waals surface area (Å²) in [6.45, 7) is 3.38. The number of phosphoric ester groups is 1. The van der Waals surface area contributed by atoms with Crippen LogP contribution in [-0.2, 0) is 34.0 Å². The molecule has 142 valence electrons. The second kappa shape index (κ2) is 9.19. The zero-order valence-electron chi connectivity index (χ0n) is 14.1. The number of rotatable bonds is 11. The minimum absolute atomic E-state index is 0.0317. The number of hydrogen-bond donors (Lipinski definition) is 1. The molecule has 0 aliphatic carbocycles. The maximum absolute atomic E-state index is 12.5. The fourth-order valence-corrected chi connectivity index (χ4v) is 4.26. The number of sulfone groups is 1. The molecule has 0 saturated heterocycles. The lowest BCUT2D eigenvalue weighted by atomic mass is 10.2. The van der Waals surface area contributed by atoms with Crippen molar-refractivity contribution in [2.24, 2.45) is 0 Å². The van der Waals surface area contributed by atoms with Gasteiger partial charge in [0.05, 0.1) is 26.1 Å². The summed E-state index contributed by atoms with van der Waals surface area (Å²) in [7, 11) is -6.40. The first kappa shape index (κ1) is 21.4. The molecule has 0 atom stereocenters. The molecule has 0 fully saturated rings. The lowest BCUT2D eigenvalue weighted by Crippen LogP contribution is -2.17. The first-order chi connectivity index (χ1) is 11.6. The van der Waals surface area contributed by atoms with Crippen LogP contribution in [0, 0.1) is 0 Å². The molecular formula is C14H21O9PS. The molecule has 0 bridgehead atoms. The van der Waals surface area contributed by atoms with E-state index < -0.39 is 35.1 Å². The van der Waals surface area contributed by atoms with Gasteiger partial charge in [0, 0.05) is 0 Å². The van der Waals surface area contributed by atoms with E-state index in [0.29, 0.717) is 0 Å². The number of benzene rings is 1. The Bertz CT molecular complexity index is 735. The Labute approximate surface area is 146 Å². The van der Waals surface area contributed by atoms with Crippen LogP contribution in [-0.4, -0.2) is 45.6 Å². The molecule has 0 aliphatic heterocycles. The predicted molar refractivity (Wildman–Crippen MR) is 89.6 cm³/mol. The van der Waals surface area contributed by atoms with Crippen molar-refractivity contribution in [2.75, 3.05) is 26.1 Å². The minimum atomic E-state index is -3.90. The van der Waals surface area contributed by atoms with Gasteiger partial charge in [-0.1, -0.05) is 6.07 Å². The average molecular weight is 396 g/mol. The number of carboxylic acid groups (broad SMARTS) is 1. The molecule has 1 aromatic carbocycles. The van der Waals surface area contributed by atoms with Gasteiger partial charge in [-0.15, -0.1) is 0 Å². The van der Waals surface area contributed by atoms with Crippen LogP contribution >= 0.6 is 7.82 Å². The van der Waals surface area contributed by atoms with Crippen molar-refractivity contribution in [3.63, 3.8) is 0 Å². The molecule has 0 aromatic heterocycles. The zero-order chi connectivity index (χ0) is 19.1. The van der Waals surface area contributed by atoms with E-state index in [2.05, 4.69) is 0 Å². The fraction of sp³-hybridized carbons (Fsp3) is 0.500. The van der Waals surface area contributed by atoms with Gasteiger partial charge in [-0.3, -0.25) is 13.8 Å². The van der Waals surface area contributed by atoms with Crippen LogP contribution in [0.5, 0.6) is 11.5 Å². The first-order valence-corrected chi connectivity index (χ1v) is 10.6. The Balaban J connectivity index is 3.14. The van der Waals surface area contributed by atoms with Gasteiger partial charge >= 0.3 is 13.8 Å². The summed E-state index contributed by atoms with van der Waals surface area (Å²) in [5.41, 5.74) is 0.247. The van der Waals surface area contributed by atoms with Gasteiger partial charge in [-0.2, -0.15) is 0 Å². The van der Waals surface area contributed by atoms with Crippen LogP contribution in [0.1, 0.15) is 19.4 Å².